The Morgan fingerprint density at radius 1 is 1.48 bits per heavy atom. The van der Waals surface area contributed by atoms with Gasteiger partial charge in [0.05, 0.1) is 18.2 Å². The molecule has 1 aliphatic heterocycles. The third kappa shape index (κ3) is 3.92. The van der Waals surface area contributed by atoms with Crippen molar-refractivity contribution in [2.24, 2.45) is 0 Å². The number of nitrogens with one attached hydrogen (secondary N) is 1. The van der Waals surface area contributed by atoms with E-state index in [0.29, 0.717) is 23.8 Å². The standard InChI is InChI=1S/C19H21N7O2S/c1-12-13(2)25(9-15-4-3-6-28-15)19(16(12)8-20)21-17(27)10-26-23-18(22-24-26)14-5-7-29-11-14/h5,7,11,15H,3-4,6,9-10H2,1-2H3,(H,21,27)/t15-/m0/s1. The van der Waals surface area contributed by atoms with Crippen LogP contribution in [0.5, 0.6) is 0 Å². The van der Waals surface area contributed by atoms with Crippen LogP contribution in [0.4, 0.5) is 5.82 Å². The molecule has 1 N–H and O–H groups in total. The summed E-state index contributed by atoms with van der Waals surface area (Å²) in [5.74, 6) is 0.660. The minimum Gasteiger partial charge on any atom is -0.376 e. The minimum absolute atomic E-state index is 0.0906. The first-order valence-corrected chi connectivity index (χ1v) is 10.3. The number of tetrazole rings is 1. The molecule has 10 heteroatoms. The van der Waals surface area contributed by atoms with Crippen LogP contribution in [0.25, 0.3) is 11.4 Å². The summed E-state index contributed by atoms with van der Waals surface area (Å²) in [5, 5.41) is 28.5. The summed E-state index contributed by atoms with van der Waals surface area (Å²) in [4.78, 5) is 13.9. The highest BCUT2D eigenvalue weighted by Crippen LogP contribution is 2.28. The van der Waals surface area contributed by atoms with Gasteiger partial charge in [-0.1, -0.05) is 0 Å². The predicted octanol–water partition coefficient (Wildman–Crippen LogP) is 2.51. The van der Waals surface area contributed by atoms with Gasteiger partial charge in [-0.05, 0) is 48.9 Å². The quantitative estimate of drug-likeness (QED) is 0.667. The number of carbonyl (C=O) groups is 1. The molecule has 0 aliphatic carbocycles. The van der Waals surface area contributed by atoms with Crippen LogP contribution in [-0.2, 0) is 22.6 Å². The molecule has 150 valence electrons. The van der Waals surface area contributed by atoms with Crippen molar-refractivity contribution in [1.29, 1.82) is 5.26 Å². The Kier molecular flexibility index (Phi) is 5.42. The van der Waals surface area contributed by atoms with Gasteiger partial charge in [-0.2, -0.15) is 21.4 Å². The normalized spacial score (nSPS) is 16.1. The number of rotatable bonds is 6. The molecule has 0 spiro atoms. The van der Waals surface area contributed by atoms with E-state index in [1.54, 1.807) is 11.3 Å². The Morgan fingerprint density at radius 3 is 3.03 bits per heavy atom. The van der Waals surface area contributed by atoms with Gasteiger partial charge < -0.3 is 14.6 Å². The van der Waals surface area contributed by atoms with Crippen molar-refractivity contribution in [2.75, 3.05) is 11.9 Å². The molecule has 0 unspecified atom stereocenters. The van der Waals surface area contributed by atoms with Gasteiger partial charge in [0.15, 0.2) is 0 Å². The number of nitrogens with zero attached hydrogens (tertiary/aromatic N) is 6. The van der Waals surface area contributed by atoms with E-state index in [2.05, 4.69) is 26.8 Å². The fourth-order valence-electron chi connectivity index (χ4n) is 3.47. The van der Waals surface area contributed by atoms with Gasteiger partial charge in [-0.15, -0.1) is 10.2 Å². The van der Waals surface area contributed by atoms with Crippen LogP contribution in [0.2, 0.25) is 0 Å². The van der Waals surface area contributed by atoms with Gasteiger partial charge in [0.25, 0.3) is 0 Å². The lowest BCUT2D eigenvalue weighted by Crippen LogP contribution is -2.24. The molecule has 1 fully saturated rings. The van der Waals surface area contributed by atoms with E-state index in [-0.39, 0.29) is 18.6 Å². The van der Waals surface area contributed by atoms with Crippen molar-refractivity contribution < 1.29 is 9.53 Å². The first-order chi connectivity index (χ1) is 14.1. The summed E-state index contributed by atoms with van der Waals surface area (Å²) >= 11 is 1.54. The summed E-state index contributed by atoms with van der Waals surface area (Å²) in [5.41, 5.74) is 3.15. The van der Waals surface area contributed by atoms with Gasteiger partial charge in [-0.25, -0.2) is 0 Å². The third-order valence-corrected chi connectivity index (χ3v) is 5.81. The molecule has 3 aromatic heterocycles. The summed E-state index contributed by atoms with van der Waals surface area (Å²) in [6, 6.07) is 4.11. The lowest BCUT2D eigenvalue weighted by atomic mass is 10.2. The van der Waals surface area contributed by atoms with Crippen LogP contribution in [-0.4, -0.2) is 43.4 Å². The molecule has 0 radical (unpaired) electrons. The van der Waals surface area contributed by atoms with E-state index < -0.39 is 0 Å². The second kappa shape index (κ2) is 8.14. The highest BCUT2D eigenvalue weighted by atomic mass is 32.1. The predicted molar refractivity (Wildman–Crippen MR) is 107 cm³/mol. The van der Waals surface area contributed by atoms with Crippen molar-refractivity contribution in [3.8, 4) is 17.5 Å². The van der Waals surface area contributed by atoms with Crippen molar-refractivity contribution in [1.82, 2.24) is 24.8 Å². The largest absolute Gasteiger partial charge is 0.376 e. The molecule has 0 bridgehead atoms. The topological polar surface area (TPSA) is 111 Å². The number of ether oxygens (including phenoxy) is 1. The zero-order valence-corrected chi connectivity index (χ0v) is 17.1. The number of thiophene rings is 1. The fourth-order valence-corrected chi connectivity index (χ4v) is 4.10. The van der Waals surface area contributed by atoms with Crippen molar-refractivity contribution in [3.05, 3.63) is 33.6 Å². The second-order valence-electron chi connectivity index (χ2n) is 7.00. The lowest BCUT2D eigenvalue weighted by molar-refractivity contribution is -0.117. The zero-order valence-electron chi connectivity index (χ0n) is 16.3. The van der Waals surface area contributed by atoms with E-state index >= 15 is 0 Å². The summed E-state index contributed by atoms with van der Waals surface area (Å²) in [6.07, 6.45) is 2.09. The van der Waals surface area contributed by atoms with Crippen LogP contribution in [0.3, 0.4) is 0 Å². The third-order valence-electron chi connectivity index (χ3n) is 5.13. The Hall–Kier alpha value is -3.03. The van der Waals surface area contributed by atoms with Crippen molar-refractivity contribution in [3.63, 3.8) is 0 Å². The molecule has 1 saturated heterocycles. The van der Waals surface area contributed by atoms with Crippen LogP contribution in [0, 0.1) is 25.2 Å². The Balaban J connectivity index is 1.52. The Labute approximate surface area is 171 Å². The average Bonchev–Trinajstić information content (AvgIpc) is 3.48. The molecule has 9 nitrogen and oxygen atoms in total. The highest BCUT2D eigenvalue weighted by Gasteiger charge is 2.24. The smallest absolute Gasteiger partial charge is 0.249 e. The number of amides is 1. The van der Waals surface area contributed by atoms with E-state index in [9.17, 15) is 10.1 Å². The lowest BCUT2D eigenvalue weighted by Gasteiger charge is -2.16. The van der Waals surface area contributed by atoms with Crippen LogP contribution in [0.15, 0.2) is 16.8 Å². The zero-order chi connectivity index (χ0) is 20.4. The second-order valence-corrected chi connectivity index (χ2v) is 7.78. The maximum absolute atomic E-state index is 12.7. The Morgan fingerprint density at radius 2 is 2.34 bits per heavy atom. The van der Waals surface area contributed by atoms with Gasteiger partial charge in [-0.3, -0.25) is 4.79 Å². The number of aromatic nitrogens is 5. The highest BCUT2D eigenvalue weighted by molar-refractivity contribution is 7.08. The summed E-state index contributed by atoms with van der Waals surface area (Å²) in [6.45, 7) is 5.11. The first kappa shape index (κ1) is 19.3. The Bertz CT molecular complexity index is 1060. The SMILES string of the molecule is Cc1c(C#N)c(NC(=O)Cn2nnc(-c3ccsc3)n2)n(C[C@@H]2CCCO2)c1C. The molecule has 0 aromatic carbocycles. The van der Waals surface area contributed by atoms with Gasteiger partial charge >= 0.3 is 0 Å². The van der Waals surface area contributed by atoms with Gasteiger partial charge in [0.1, 0.15) is 18.4 Å². The van der Waals surface area contributed by atoms with E-state index in [1.165, 1.54) is 4.80 Å². The van der Waals surface area contributed by atoms with Gasteiger partial charge in [0, 0.05) is 23.2 Å². The molecular weight excluding hydrogens is 390 g/mol. The molecule has 1 aliphatic rings. The number of hydrogen-bond acceptors (Lipinski definition) is 7. The number of hydrogen-bond donors (Lipinski definition) is 1. The molecule has 0 saturated carbocycles. The number of anilines is 1. The summed E-state index contributed by atoms with van der Waals surface area (Å²) in [7, 11) is 0. The van der Waals surface area contributed by atoms with Crippen LogP contribution >= 0.6 is 11.3 Å². The molecule has 29 heavy (non-hydrogen) atoms. The first-order valence-electron chi connectivity index (χ1n) is 9.38. The molecule has 3 aromatic rings. The van der Waals surface area contributed by atoms with Gasteiger partial charge in [0.2, 0.25) is 11.7 Å². The minimum atomic E-state index is -0.318. The average molecular weight is 411 g/mol. The molecule has 1 atom stereocenters. The molecule has 4 rings (SSSR count). The molecule has 4 heterocycles. The maximum Gasteiger partial charge on any atom is 0.249 e. The van der Waals surface area contributed by atoms with Crippen LogP contribution < -0.4 is 5.32 Å². The molecule has 1 amide bonds. The monoisotopic (exact) mass is 411 g/mol. The number of carbonyl (C=O) groups excluding carboxylic acids is 1. The van der Waals surface area contributed by atoms with E-state index in [1.807, 2.05) is 35.2 Å². The van der Waals surface area contributed by atoms with E-state index in [0.717, 1.165) is 36.3 Å². The molecular formula is C19H21N7O2S. The number of nitriles is 1. The van der Waals surface area contributed by atoms with Crippen LogP contribution in [0.1, 0.15) is 29.7 Å². The van der Waals surface area contributed by atoms with Crippen molar-refractivity contribution >= 4 is 23.1 Å². The maximum atomic E-state index is 12.7. The van der Waals surface area contributed by atoms with E-state index in [4.69, 9.17) is 4.74 Å². The fraction of sp³-hybridized carbons (Fsp3) is 0.421. The summed E-state index contributed by atoms with van der Waals surface area (Å²) < 4.78 is 7.71. The van der Waals surface area contributed by atoms with Crippen molar-refractivity contribution in [2.45, 2.75) is 45.9 Å².